The van der Waals surface area contributed by atoms with Gasteiger partial charge in [-0.3, -0.25) is 0 Å². The minimum atomic E-state index is -0.147. The normalized spacial score (nSPS) is 12.3. The van der Waals surface area contributed by atoms with Gasteiger partial charge < -0.3 is 19.3 Å². The lowest BCUT2D eigenvalue weighted by Gasteiger charge is -2.37. The molecule has 4 nitrogen and oxygen atoms in total. The van der Waals surface area contributed by atoms with E-state index in [2.05, 4.69) is 207 Å². The third-order valence-electron chi connectivity index (χ3n) is 12.0. The molecule has 59 heavy (non-hydrogen) atoms. The minimum absolute atomic E-state index is 0.147. The van der Waals surface area contributed by atoms with Crippen LogP contribution in [0, 0.1) is 27.7 Å². The molecule has 0 aromatic heterocycles. The summed E-state index contributed by atoms with van der Waals surface area (Å²) >= 11 is 0. The fourth-order valence-corrected chi connectivity index (χ4v) is 9.13. The number of aryl methyl sites for hydroxylation is 4. The number of hydrogen-bond acceptors (Lipinski definition) is 4. The van der Waals surface area contributed by atoms with Crippen LogP contribution in [0.5, 0.6) is 23.0 Å². The summed E-state index contributed by atoms with van der Waals surface area (Å²) in [7, 11) is 0. The molecule has 2 heterocycles. The molecule has 9 aromatic carbocycles. The second-order valence-corrected chi connectivity index (χ2v) is 16.0. The Labute approximate surface area is 345 Å². The summed E-state index contributed by atoms with van der Waals surface area (Å²) in [5.74, 6) is 3.33. The van der Waals surface area contributed by atoms with Gasteiger partial charge in [-0.2, -0.15) is 0 Å². The van der Waals surface area contributed by atoms with E-state index in [1.165, 1.54) is 22.3 Å². The fraction of sp³-hybridized carbons (Fsp3) is 0.0741. The van der Waals surface area contributed by atoms with Gasteiger partial charge in [-0.25, -0.2) is 0 Å². The predicted molar refractivity (Wildman–Crippen MR) is 247 cm³/mol. The van der Waals surface area contributed by atoms with Crippen molar-refractivity contribution in [1.29, 1.82) is 0 Å². The summed E-state index contributed by atoms with van der Waals surface area (Å²) < 4.78 is 14.1. The zero-order chi connectivity index (χ0) is 39.8. The fourth-order valence-electron chi connectivity index (χ4n) is 9.13. The monoisotopic (exact) mass is 760 g/mol. The van der Waals surface area contributed by atoms with E-state index < -0.39 is 0 Å². The van der Waals surface area contributed by atoms with E-state index in [4.69, 9.17) is 9.47 Å². The molecular weight excluding hydrogens is 719 g/mol. The van der Waals surface area contributed by atoms with E-state index in [0.29, 0.717) is 0 Å². The third kappa shape index (κ3) is 5.76. The van der Waals surface area contributed by atoms with Crippen molar-refractivity contribution in [2.75, 3.05) is 9.80 Å². The molecule has 11 rings (SSSR count). The Morgan fingerprint density at radius 1 is 0.322 bits per heavy atom. The van der Waals surface area contributed by atoms with Crippen LogP contribution in [-0.2, 0) is 0 Å². The molecule has 9 aromatic rings. The molecule has 0 radical (unpaired) electrons. The number of fused-ring (bicyclic) bond motifs is 8. The van der Waals surface area contributed by atoms with Gasteiger partial charge in [0, 0.05) is 51.1 Å². The highest BCUT2D eigenvalue weighted by Crippen LogP contribution is 2.47. The molecule has 0 atom stereocenters. The predicted octanol–water partition coefficient (Wildman–Crippen LogP) is 12.9. The first-order valence-corrected chi connectivity index (χ1v) is 20.4. The zero-order valence-electron chi connectivity index (χ0n) is 33.5. The Kier molecular flexibility index (Phi) is 8.13. The summed E-state index contributed by atoms with van der Waals surface area (Å²) in [5.41, 5.74) is 14.7. The number of rotatable bonds is 6. The Hall–Kier alpha value is -7.24. The lowest BCUT2D eigenvalue weighted by atomic mass is 9.33. The number of nitrogens with zero attached hydrogens (tertiary/aromatic N) is 2. The molecule has 0 saturated carbocycles. The van der Waals surface area contributed by atoms with Crippen LogP contribution >= 0.6 is 0 Å². The molecule has 0 saturated heterocycles. The van der Waals surface area contributed by atoms with Crippen LogP contribution in [0.25, 0.3) is 21.5 Å². The summed E-state index contributed by atoms with van der Waals surface area (Å²) in [6, 6.07) is 63.5. The second kappa shape index (κ2) is 13.7. The van der Waals surface area contributed by atoms with Crippen molar-refractivity contribution in [3.63, 3.8) is 0 Å². The molecular formula is C54H41BN2O2. The molecule has 282 valence electrons. The number of hydrogen-bond donors (Lipinski definition) is 0. The molecule has 0 N–H and O–H groups in total. The van der Waals surface area contributed by atoms with Crippen molar-refractivity contribution >= 4 is 78.8 Å². The van der Waals surface area contributed by atoms with E-state index in [0.717, 1.165) is 95.1 Å². The molecule has 0 bridgehead atoms. The van der Waals surface area contributed by atoms with Crippen molar-refractivity contribution in [1.82, 2.24) is 0 Å². The van der Waals surface area contributed by atoms with E-state index in [-0.39, 0.29) is 6.71 Å². The molecule has 0 aliphatic carbocycles. The Balaban J connectivity index is 1.18. The van der Waals surface area contributed by atoms with E-state index >= 15 is 0 Å². The number of anilines is 6. The maximum absolute atomic E-state index is 7.04. The standard InChI is InChI=1S/C54H41BN2O2/c1-34-16-24-38(25-17-34)56(39-26-18-35(2)19-27-39)46-32-50-52(44-12-7-5-10-42(44)46)55-53-45-13-8-6-11-43(45)47(33-51(53)59-49-15-9-14-48(58-50)54(49)55)57(40-28-20-36(3)21-29-40)41-30-22-37(4)23-31-41/h5-33H,1-4H3. The molecule has 2 aliphatic heterocycles. The summed E-state index contributed by atoms with van der Waals surface area (Å²) in [6.07, 6.45) is 0. The van der Waals surface area contributed by atoms with Crippen molar-refractivity contribution in [3.05, 3.63) is 198 Å². The Bertz CT molecular complexity index is 2790. The molecule has 0 spiro atoms. The van der Waals surface area contributed by atoms with Crippen molar-refractivity contribution in [3.8, 4) is 23.0 Å². The van der Waals surface area contributed by atoms with E-state index in [9.17, 15) is 0 Å². The highest BCUT2D eigenvalue weighted by Gasteiger charge is 2.43. The van der Waals surface area contributed by atoms with Gasteiger partial charge in [0.25, 0.3) is 6.71 Å². The summed E-state index contributed by atoms with van der Waals surface area (Å²) in [4.78, 5) is 4.72. The second-order valence-electron chi connectivity index (χ2n) is 16.0. The van der Waals surface area contributed by atoms with Crippen molar-refractivity contribution < 1.29 is 9.47 Å². The van der Waals surface area contributed by atoms with Crippen LogP contribution in [0.1, 0.15) is 22.3 Å². The average Bonchev–Trinajstić information content (AvgIpc) is 3.26. The maximum Gasteiger partial charge on any atom is 0.262 e. The van der Waals surface area contributed by atoms with Gasteiger partial charge in [0.05, 0.1) is 11.4 Å². The smallest absolute Gasteiger partial charge is 0.262 e. The molecule has 0 unspecified atom stereocenters. The van der Waals surface area contributed by atoms with Gasteiger partial charge in [-0.15, -0.1) is 0 Å². The SMILES string of the molecule is Cc1ccc(N(c2ccc(C)cc2)c2cc3c(c4ccccc24)B2c4c(cccc4Oc4cc(N(c5ccc(C)cc5)c5ccc(C)cc5)c5ccccc5c42)O3)cc1. The lowest BCUT2D eigenvalue weighted by molar-refractivity contribution is 0.465. The first-order valence-electron chi connectivity index (χ1n) is 20.4. The van der Waals surface area contributed by atoms with Gasteiger partial charge >= 0.3 is 0 Å². The third-order valence-corrected chi connectivity index (χ3v) is 12.0. The largest absolute Gasteiger partial charge is 0.458 e. The van der Waals surface area contributed by atoms with Crippen LogP contribution in [0.4, 0.5) is 34.1 Å². The molecule has 5 heteroatoms. The summed E-state index contributed by atoms with van der Waals surface area (Å²) in [6.45, 7) is 8.39. The number of ether oxygens (including phenoxy) is 2. The van der Waals surface area contributed by atoms with Gasteiger partial charge in [0.2, 0.25) is 0 Å². The number of benzene rings is 9. The lowest BCUT2D eigenvalue weighted by Crippen LogP contribution is -2.58. The van der Waals surface area contributed by atoms with Gasteiger partial charge in [0.15, 0.2) is 0 Å². The Morgan fingerprint density at radius 3 is 0.983 bits per heavy atom. The summed E-state index contributed by atoms with van der Waals surface area (Å²) in [5, 5.41) is 4.60. The maximum atomic E-state index is 7.04. The van der Waals surface area contributed by atoms with Crippen LogP contribution < -0.4 is 35.7 Å². The average molecular weight is 761 g/mol. The first-order chi connectivity index (χ1) is 28.9. The van der Waals surface area contributed by atoms with Crippen LogP contribution in [0.15, 0.2) is 176 Å². The minimum Gasteiger partial charge on any atom is -0.458 e. The van der Waals surface area contributed by atoms with Crippen molar-refractivity contribution in [2.45, 2.75) is 27.7 Å². The van der Waals surface area contributed by atoms with E-state index in [1.807, 2.05) is 6.07 Å². The molecule has 2 aliphatic rings. The highest BCUT2D eigenvalue weighted by molar-refractivity contribution is 7.01. The quantitative estimate of drug-likeness (QED) is 0.158. The molecule has 0 amide bonds. The van der Waals surface area contributed by atoms with Crippen LogP contribution in [0.3, 0.4) is 0 Å². The zero-order valence-corrected chi connectivity index (χ0v) is 33.5. The van der Waals surface area contributed by atoms with Gasteiger partial charge in [0.1, 0.15) is 23.0 Å². The topological polar surface area (TPSA) is 24.9 Å². The van der Waals surface area contributed by atoms with Gasteiger partial charge in [-0.1, -0.05) is 125 Å². The highest BCUT2D eigenvalue weighted by atomic mass is 16.5. The first kappa shape index (κ1) is 35.0. The van der Waals surface area contributed by atoms with Gasteiger partial charge in [-0.05, 0) is 110 Å². The van der Waals surface area contributed by atoms with Crippen LogP contribution in [0.2, 0.25) is 0 Å². The Morgan fingerprint density at radius 2 is 0.644 bits per heavy atom. The van der Waals surface area contributed by atoms with Crippen molar-refractivity contribution in [2.24, 2.45) is 0 Å². The molecule has 0 fully saturated rings. The van der Waals surface area contributed by atoms with Crippen LogP contribution in [-0.4, -0.2) is 6.71 Å². The van der Waals surface area contributed by atoms with E-state index in [1.54, 1.807) is 0 Å².